The minimum Gasteiger partial charge on any atom is -0.459 e. The molecule has 0 spiro atoms. The second-order valence-corrected chi connectivity index (χ2v) is 5.04. The molecule has 0 fully saturated rings. The van der Waals surface area contributed by atoms with Crippen molar-refractivity contribution < 1.29 is 28.6 Å². The van der Waals surface area contributed by atoms with E-state index in [1.54, 1.807) is 13.8 Å². The molecule has 0 aromatic heterocycles. The highest BCUT2D eigenvalue weighted by molar-refractivity contribution is 5.86. The van der Waals surface area contributed by atoms with Crippen LogP contribution in [0.15, 0.2) is 12.2 Å². The predicted octanol–water partition coefficient (Wildman–Crippen LogP) is 2.14. The lowest BCUT2D eigenvalue weighted by molar-refractivity contribution is -0.139. The van der Waals surface area contributed by atoms with Crippen LogP contribution in [-0.2, 0) is 19.0 Å². The number of ether oxygens (including phenoxy) is 3. The summed E-state index contributed by atoms with van der Waals surface area (Å²) in [5.41, 5.74) is 0.303. The fourth-order valence-electron chi connectivity index (χ4n) is 1.61. The average molecular weight is 344 g/mol. The van der Waals surface area contributed by atoms with Gasteiger partial charge in [0.1, 0.15) is 13.2 Å². The van der Waals surface area contributed by atoms with E-state index in [-0.39, 0.29) is 13.2 Å². The molecular formula is C16H28N2O6. The van der Waals surface area contributed by atoms with E-state index >= 15 is 0 Å². The van der Waals surface area contributed by atoms with Crippen molar-refractivity contribution in [2.24, 2.45) is 0 Å². The minimum absolute atomic E-state index is 0.00435. The van der Waals surface area contributed by atoms with Crippen LogP contribution in [0.3, 0.4) is 0 Å². The van der Waals surface area contributed by atoms with Crippen molar-refractivity contribution in [1.29, 1.82) is 0 Å². The number of hydrogen-bond acceptors (Lipinski definition) is 6. The number of esters is 1. The first-order valence-corrected chi connectivity index (χ1v) is 8.11. The molecule has 0 aromatic carbocycles. The molecule has 138 valence electrons. The molecule has 0 rings (SSSR count). The summed E-state index contributed by atoms with van der Waals surface area (Å²) in [6, 6.07) is 0. The lowest BCUT2D eigenvalue weighted by atomic mass is 10.2. The SMILES string of the molecule is C=C(C)C(=O)OCCOC(=O)NCCCCCCNC(=O)OCC. The summed E-state index contributed by atoms with van der Waals surface area (Å²) >= 11 is 0. The highest BCUT2D eigenvalue weighted by atomic mass is 16.6. The number of carbonyl (C=O) groups is 3. The van der Waals surface area contributed by atoms with E-state index in [0.29, 0.717) is 25.3 Å². The van der Waals surface area contributed by atoms with E-state index < -0.39 is 18.2 Å². The Kier molecular flexibility index (Phi) is 13.0. The number of nitrogens with one attached hydrogen (secondary N) is 2. The summed E-state index contributed by atoms with van der Waals surface area (Å²) in [7, 11) is 0. The number of rotatable bonds is 12. The van der Waals surface area contributed by atoms with Gasteiger partial charge in [-0.3, -0.25) is 0 Å². The molecule has 0 aromatic rings. The van der Waals surface area contributed by atoms with Gasteiger partial charge in [0.25, 0.3) is 0 Å². The Hall–Kier alpha value is -2.25. The Bertz CT molecular complexity index is 411. The van der Waals surface area contributed by atoms with Gasteiger partial charge in [-0.25, -0.2) is 14.4 Å². The zero-order valence-electron chi connectivity index (χ0n) is 14.5. The Morgan fingerprint density at radius 1 is 0.833 bits per heavy atom. The summed E-state index contributed by atoms with van der Waals surface area (Å²) in [4.78, 5) is 33.4. The van der Waals surface area contributed by atoms with E-state index in [0.717, 1.165) is 25.7 Å². The second kappa shape index (κ2) is 14.3. The third-order valence-electron chi connectivity index (χ3n) is 2.82. The number of hydrogen-bond donors (Lipinski definition) is 2. The van der Waals surface area contributed by atoms with Crippen molar-refractivity contribution in [3.63, 3.8) is 0 Å². The van der Waals surface area contributed by atoms with Crippen LogP contribution >= 0.6 is 0 Å². The van der Waals surface area contributed by atoms with Crippen molar-refractivity contribution >= 4 is 18.2 Å². The predicted molar refractivity (Wildman–Crippen MR) is 88.6 cm³/mol. The maximum Gasteiger partial charge on any atom is 0.407 e. The maximum absolute atomic E-state index is 11.3. The lowest BCUT2D eigenvalue weighted by Crippen LogP contribution is -2.27. The molecular weight excluding hydrogens is 316 g/mol. The fourth-order valence-corrected chi connectivity index (χ4v) is 1.61. The lowest BCUT2D eigenvalue weighted by Gasteiger charge is -2.08. The quantitative estimate of drug-likeness (QED) is 0.243. The first-order chi connectivity index (χ1) is 11.5. The highest BCUT2D eigenvalue weighted by Gasteiger charge is 2.05. The molecule has 0 aliphatic carbocycles. The van der Waals surface area contributed by atoms with Crippen molar-refractivity contribution in [3.8, 4) is 0 Å². The van der Waals surface area contributed by atoms with Gasteiger partial charge in [-0.1, -0.05) is 19.4 Å². The van der Waals surface area contributed by atoms with E-state index in [4.69, 9.17) is 14.2 Å². The Balaban J connectivity index is 3.36. The fraction of sp³-hybridized carbons (Fsp3) is 0.688. The monoisotopic (exact) mass is 344 g/mol. The van der Waals surface area contributed by atoms with Gasteiger partial charge in [-0.2, -0.15) is 0 Å². The zero-order chi connectivity index (χ0) is 18.2. The topological polar surface area (TPSA) is 103 Å². The summed E-state index contributed by atoms with van der Waals surface area (Å²) < 4.78 is 14.4. The molecule has 2 amide bonds. The van der Waals surface area contributed by atoms with Gasteiger partial charge in [-0.15, -0.1) is 0 Å². The first kappa shape index (κ1) is 21.8. The molecule has 24 heavy (non-hydrogen) atoms. The van der Waals surface area contributed by atoms with Gasteiger partial charge < -0.3 is 24.8 Å². The van der Waals surface area contributed by atoms with Crippen LogP contribution in [0, 0.1) is 0 Å². The highest BCUT2D eigenvalue weighted by Crippen LogP contribution is 1.98. The third kappa shape index (κ3) is 13.4. The van der Waals surface area contributed by atoms with Gasteiger partial charge >= 0.3 is 18.2 Å². The largest absolute Gasteiger partial charge is 0.459 e. The number of carbonyl (C=O) groups excluding carboxylic acids is 3. The molecule has 0 aliphatic rings. The van der Waals surface area contributed by atoms with E-state index in [2.05, 4.69) is 17.2 Å². The molecule has 2 N–H and O–H groups in total. The molecule has 8 nitrogen and oxygen atoms in total. The van der Waals surface area contributed by atoms with Crippen LogP contribution in [0.2, 0.25) is 0 Å². The van der Waals surface area contributed by atoms with Gasteiger partial charge in [0, 0.05) is 18.7 Å². The van der Waals surface area contributed by atoms with Crippen LogP contribution in [0.1, 0.15) is 39.5 Å². The van der Waals surface area contributed by atoms with Crippen LogP contribution in [0.4, 0.5) is 9.59 Å². The smallest absolute Gasteiger partial charge is 0.407 e. The van der Waals surface area contributed by atoms with Crippen molar-refractivity contribution in [1.82, 2.24) is 10.6 Å². The van der Waals surface area contributed by atoms with Crippen LogP contribution in [0.25, 0.3) is 0 Å². The van der Waals surface area contributed by atoms with E-state index in [9.17, 15) is 14.4 Å². The molecule has 0 saturated carbocycles. The third-order valence-corrected chi connectivity index (χ3v) is 2.82. The molecule has 0 saturated heterocycles. The van der Waals surface area contributed by atoms with Crippen LogP contribution < -0.4 is 10.6 Å². The summed E-state index contributed by atoms with van der Waals surface area (Å²) in [5, 5.41) is 5.25. The number of alkyl carbamates (subject to hydrolysis) is 2. The second-order valence-electron chi connectivity index (χ2n) is 5.04. The molecule has 8 heteroatoms. The molecule has 0 heterocycles. The summed E-state index contributed by atoms with van der Waals surface area (Å²) in [5.74, 6) is -0.503. The van der Waals surface area contributed by atoms with Crippen LogP contribution in [-0.4, -0.2) is 51.1 Å². The van der Waals surface area contributed by atoms with E-state index in [1.807, 2.05) is 0 Å². The normalized spacial score (nSPS) is 9.75. The summed E-state index contributed by atoms with van der Waals surface area (Å²) in [6.45, 7) is 8.21. The summed E-state index contributed by atoms with van der Waals surface area (Å²) in [6.07, 6.45) is 2.62. The molecule has 0 unspecified atom stereocenters. The van der Waals surface area contributed by atoms with Gasteiger partial charge in [0.05, 0.1) is 6.61 Å². The van der Waals surface area contributed by atoms with E-state index in [1.165, 1.54) is 0 Å². The molecule has 0 atom stereocenters. The van der Waals surface area contributed by atoms with Crippen molar-refractivity contribution in [2.75, 3.05) is 32.9 Å². The van der Waals surface area contributed by atoms with Gasteiger partial charge in [0.15, 0.2) is 0 Å². The first-order valence-electron chi connectivity index (χ1n) is 8.11. The maximum atomic E-state index is 11.3. The number of unbranched alkanes of at least 4 members (excludes halogenated alkanes) is 3. The number of amides is 2. The molecule has 0 bridgehead atoms. The Morgan fingerprint density at radius 3 is 1.83 bits per heavy atom. The average Bonchev–Trinajstić information content (AvgIpc) is 2.53. The van der Waals surface area contributed by atoms with Crippen molar-refractivity contribution in [2.45, 2.75) is 39.5 Å². The van der Waals surface area contributed by atoms with Crippen LogP contribution in [0.5, 0.6) is 0 Å². The zero-order valence-corrected chi connectivity index (χ0v) is 14.5. The standard InChI is InChI=1S/C16H28N2O6/c1-4-22-15(20)17-9-7-5-6-8-10-18-16(21)24-12-11-23-14(19)13(2)3/h2,4-12H2,1,3H3,(H,17,20)(H,18,21). The van der Waals surface area contributed by atoms with Gasteiger partial charge in [0.2, 0.25) is 0 Å². The van der Waals surface area contributed by atoms with Crippen molar-refractivity contribution in [3.05, 3.63) is 12.2 Å². The Labute approximate surface area is 142 Å². The molecule has 0 radical (unpaired) electrons. The molecule has 0 aliphatic heterocycles. The van der Waals surface area contributed by atoms with Gasteiger partial charge in [-0.05, 0) is 26.7 Å². The minimum atomic E-state index is -0.537. The Morgan fingerprint density at radius 2 is 1.33 bits per heavy atom.